The van der Waals surface area contributed by atoms with Crippen molar-refractivity contribution in [2.75, 3.05) is 33.4 Å². The van der Waals surface area contributed by atoms with Gasteiger partial charge in [-0.25, -0.2) is 4.79 Å². The zero-order valence-electron chi connectivity index (χ0n) is 11.3. The van der Waals surface area contributed by atoms with Crippen LogP contribution in [0.15, 0.2) is 0 Å². The molecule has 0 unspecified atom stereocenters. The third-order valence-corrected chi connectivity index (χ3v) is 2.58. The maximum absolute atomic E-state index is 11.8. The molecule has 0 spiro atoms. The number of ether oxygens (including phenoxy) is 2. The highest BCUT2D eigenvalue weighted by Gasteiger charge is 2.29. The van der Waals surface area contributed by atoms with Crippen molar-refractivity contribution in [1.29, 1.82) is 0 Å². The Bertz CT molecular complexity index is 251. The van der Waals surface area contributed by atoms with Gasteiger partial charge >= 0.3 is 6.09 Å². The zero-order chi connectivity index (χ0) is 12.9. The first-order chi connectivity index (χ1) is 7.92. The van der Waals surface area contributed by atoms with E-state index in [1.165, 1.54) is 0 Å². The van der Waals surface area contributed by atoms with Crippen molar-refractivity contribution < 1.29 is 14.3 Å². The summed E-state index contributed by atoms with van der Waals surface area (Å²) in [6.07, 6.45) is 0.761. The number of hydrogen-bond donors (Lipinski definition) is 1. The third kappa shape index (κ3) is 5.37. The van der Waals surface area contributed by atoms with E-state index in [1.54, 1.807) is 12.0 Å². The molecule has 1 aliphatic heterocycles. The van der Waals surface area contributed by atoms with Gasteiger partial charge in [-0.05, 0) is 27.2 Å². The van der Waals surface area contributed by atoms with E-state index < -0.39 is 5.60 Å². The van der Waals surface area contributed by atoms with Gasteiger partial charge in [-0.2, -0.15) is 0 Å². The number of amides is 1. The van der Waals surface area contributed by atoms with Crippen molar-refractivity contribution in [3.63, 3.8) is 0 Å². The van der Waals surface area contributed by atoms with E-state index >= 15 is 0 Å². The van der Waals surface area contributed by atoms with Gasteiger partial charge in [0, 0.05) is 32.8 Å². The predicted molar refractivity (Wildman–Crippen MR) is 66.1 cm³/mol. The van der Waals surface area contributed by atoms with Gasteiger partial charge in [0.2, 0.25) is 0 Å². The molecule has 1 amide bonds. The summed E-state index contributed by atoms with van der Waals surface area (Å²) in [4.78, 5) is 13.5. The molecule has 0 aromatic carbocycles. The average molecular weight is 244 g/mol. The van der Waals surface area contributed by atoms with Crippen LogP contribution in [0, 0.1) is 0 Å². The Morgan fingerprint density at radius 3 is 2.76 bits per heavy atom. The van der Waals surface area contributed by atoms with E-state index in [0.717, 1.165) is 26.1 Å². The topological polar surface area (TPSA) is 50.8 Å². The number of carbonyl (C=O) groups is 1. The van der Waals surface area contributed by atoms with E-state index in [1.807, 2.05) is 20.8 Å². The molecule has 17 heavy (non-hydrogen) atoms. The summed E-state index contributed by atoms with van der Waals surface area (Å²) >= 11 is 0. The van der Waals surface area contributed by atoms with Crippen LogP contribution in [0.1, 0.15) is 27.2 Å². The SMILES string of the molecule is COCCN[C@@H]1CCN(C(=O)OC(C)(C)C)C1. The monoisotopic (exact) mass is 244 g/mol. The van der Waals surface area contributed by atoms with Crippen LogP contribution in [-0.2, 0) is 9.47 Å². The van der Waals surface area contributed by atoms with E-state index in [0.29, 0.717) is 12.6 Å². The summed E-state index contributed by atoms with van der Waals surface area (Å²) in [6.45, 7) is 8.66. The molecule has 1 fully saturated rings. The van der Waals surface area contributed by atoms with Gasteiger partial charge < -0.3 is 19.7 Å². The molecule has 1 aliphatic rings. The Morgan fingerprint density at radius 1 is 1.47 bits per heavy atom. The predicted octanol–water partition coefficient (Wildman–Crippen LogP) is 1.23. The zero-order valence-corrected chi connectivity index (χ0v) is 11.3. The van der Waals surface area contributed by atoms with Crippen molar-refractivity contribution in [1.82, 2.24) is 10.2 Å². The van der Waals surface area contributed by atoms with Crippen LogP contribution in [0.25, 0.3) is 0 Å². The molecule has 1 rings (SSSR count). The minimum atomic E-state index is -0.418. The Labute approximate surface area is 103 Å². The number of nitrogens with zero attached hydrogens (tertiary/aromatic N) is 1. The number of nitrogens with one attached hydrogen (secondary N) is 1. The summed E-state index contributed by atoms with van der Waals surface area (Å²) in [5.41, 5.74) is -0.418. The smallest absolute Gasteiger partial charge is 0.410 e. The van der Waals surface area contributed by atoms with E-state index in [2.05, 4.69) is 5.32 Å². The molecule has 0 aliphatic carbocycles. The van der Waals surface area contributed by atoms with Gasteiger partial charge in [-0.3, -0.25) is 0 Å². The minimum Gasteiger partial charge on any atom is -0.444 e. The first-order valence-corrected chi connectivity index (χ1v) is 6.12. The maximum Gasteiger partial charge on any atom is 0.410 e. The Balaban J connectivity index is 2.27. The van der Waals surface area contributed by atoms with Gasteiger partial charge in [0.05, 0.1) is 6.61 Å². The summed E-state index contributed by atoms with van der Waals surface area (Å²) in [5, 5.41) is 3.36. The van der Waals surface area contributed by atoms with Crippen molar-refractivity contribution in [2.24, 2.45) is 0 Å². The number of likely N-dealkylation sites (tertiary alicyclic amines) is 1. The van der Waals surface area contributed by atoms with Crippen molar-refractivity contribution >= 4 is 6.09 Å². The van der Waals surface area contributed by atoms with Crippen LogP contribution in [0.5, 0.6) is 0 Å². The molecule has 0 radical (unpaired) electrons. The maximum atomic E-state index is 11.8. The lowest BCUT2D eigenvalue weighted by Crippen LogP contribution is -2.39. The third-order valence-electron chi connectivity index (χ3n) is 2.58. The molecule has 100 valence electrons. The second-order valence-electron chi connectivity index (χ2n) is 5.36. The molecule has 1 N–H and O–H groups in total. The molecular weight excluding hydrogens is 220 g/mol. The molecule has 1 saturated heterocycles. The first kappa shape index (κ1) is 14.3. The standard InChI is InChI=1S/C12H24N2O3/c1-12(2,3)17-11(15)14-7-5-10(9-14)13-6-8-16-4/h10,13H,5-9H2,1-4H3/t10-/m1/s1. The fourth-order valence-corrected chi connectivity index (χ4v) is 1.78. The summed E-state index contributed by atoms with van der Waals surface area (Å²) in [6, 6.07) is 0.359. The lowest BCUT2D eigenvalue weighted by Gasteiger charge is -2.24. The van der Waals surface area contributed by atoms with Gasteiger partial charge in [0.15, 0.2) is 0 Å². The van der Waals surface area contributed by atoms with Crippen LogP contribution in [0.2, 0.25) is 0 Å². The van der Waals surface area contributed by atoms with Crippen LogP contribution < -0.4 is 5.32 Å². The summed E-state index contributed by atoms with van der Waals surface area (Å²) in [5.74, 6) is 0. The van der Waals surface area contributed by atoms with E-state index in [9.17, 15) is 4.79 Å². The quantitative estimate of drug-likeness (QED) is 0.756. The van der Waals surface area contributed by atoms with Crippen molar-refractivity contribution in [3.8, 4) is 0 Å². The van der Waals surface area contributed by atoms with Gasteiger partial charge in [-0.1, -0.05) is 0 Å². The lowest BCUT2D eigenvalue weighted by atomic mass is 10.2. The normalized spacial score (nSPS) is 20.7. The molecule has 5 heteroatoms. The molecule has 1 atom stereocenters. The van der Waals surface area contributed by atoms with Crippen molar-refractivity contribution in [2.45, 2.75) is 38.8 Å². The second-order valence-corrected chi connectivity index (χ2v) is 5.36. The fraction of sp³-hybridized carbons (Fsp3) is 0.917. The largest absolute Gasteiger partial charge is 0.444 e. The van der Waals surface area contributed by atoms with E-state index in [-0.39, 0.29) is 6.09 Å². The first-order valence-electron chi connectivity index (χ1n) is 6.12. The van der Waals surface area contributed by atoms with Crippen LogP contribution in [0.4, 0.5) is 4.79 Å². The van der Waals surface area contributed by atoms with E-state index in [4.69, 9.17) is 9.47 Å². The molecule has 5 nitrogen and oxygen atoms in total. The highest BCUT2D eigenvalue weighted by molar-refractivity contribution is 5.68. The molecule has 1 heterocycles. The van der Waals surface area contributed by atoms with Crippen LogP contribution in [0.3, 0.4) is 0 Å². The fourth-order valence-electron chi connectivity index (χ4n) is 1.78. The second kappa shape index (κ2) is 6.21. The van der Waals surface area contributed by atoms with Crippen molar-refractivity contribution in [3.05, 3.63) is 0 Å². The lowest BCUT2D eigenvalue weighted by molar-refractivity contribution is 0.0291. The Hall–Kier alpha value is -0.810. The number of rotatable bonds is 4. The average Bonchev–Trinajstić information content (AvgIpc) is 2.64. The molecule has 0 saturated carbocycles. The minimum absolute atomic E-state index is 0.214. The Kier molecular flexibility index (Phi) is 5.21. The summed E-state index contributed by atoms with van der Waals surface area (Å²) in [7, 11) is 1.68. The van der Waals surface area contributed by atoms with Crippen LogP contribution >= 0.6 is 0 Å². The van der Waals surface area contributed by atoms with Crippen LogP contribution in [-0.4, -0.2) is 56.0 Å². The van der Waals surface area contributed by atoms with Gasteiger partial charge in [0.1, 0.15) is 5.60 Å². The highest BCUT2D eigenvalue weighted by atomic mass is 16.6. The molecular formula is C12H24N2O3. The Morgan fingerprint density at radius 2 is 2.18 bits per heavy atom. The molecule has 0 aromatic rings. The van der Waals surface area contributed by atoms with Gasteiger partial charge in [-0.15, -0.1) is 0 Å². The highest BCUT2D eigenvalue weighted by Crippen LogP contribution is 2.15. The molecule has 0 bridgehead atoms. The molecule has 0 aromatic heterocycles. The summed E-state index contributed by atoms with van der Waals surface area (Å²) < 4.78 is 10.3. The number of hydrogen-bond acceptors (Lipinski definition) is 4. The number of carbonyl (C=O) groups excluding carboxylic acids is 1. The van der Waals surface area contributed by atoms with Gasteiger partial charge in [0.25, 0.3) is 0 Å². The number of methoxy groups -OCH3 is 1.